The molecule has 1 rings (SSSR count). The fourth-order valence-corrected chi connectivity index (χ4v) is 1.77. The second kappa shape index (κ2) is 7.33. The van der Waals surface area contributed by atoms with Gasteiger partial charge in [0.15, 0.2) is 0 Å². The molecule has 2 unspecified atom stereocenters. The average molecular weight is 236 g/mol. The minimum atomic E-state index is -0.419. The molecule has 0 aliphatic carbocycles. The fourth-order valence-electron chi connectivity index (χ4n) is 1.77. The highest BCUT2D eigenvalue weighted by atomic mass is 16.5. The fraction of sp³-hybridized carbons (Fsp3) is 0.600. The minimum absolute atomic E-state index is 0.419. The van der Waals surface area contributed by atoms with Crippen LogP contribution in [0.4, 0.5) is 0 Å². The molecule has 0 bridgehead atoms. The Hall–Kier alpha value is -1.02. The van der Waals surface area contributed by atoms with Gasteiger partial charge in [0, 0.05) is 5.56 Å². The first-order valence-corrected chi connectivity index (χ1v) is 6.58. The topological polar surface area (TPSA) is 29.5 Å². The summed E-state index contributed by atoms with van der Waals surface area (Å²) in [6.45, 7) is 7.10. The number of para-hydroxylation sites is 1. The summed E-state index contributed by atoms with van der Waals surface area (Å²) in [6.07, 6.45) is 2.45. The van der Waals surface area contributed by atoms with E-state index in [9.17, 15) is 5.11 Å². The van der Waals surface area contributed by atoms with Crippen LogP contribution in [-0.4, -0.2) is 11.7 Å². The Bertz CT molecular complexity index is 322. The largest absolute Gasteiger partial charge is 0.493 e. The van der Waals surface area contributed by atoms with Gasteiger partial charge in [0.1, 0.15) is 5.75 Å². The second-order valence-electron chi connectivity index (χ2n) is 4.65. The molecule has 96 valence electrons. The molecule has 2 heteroatoms. The third kappa shape index (κ3) is 4.39. The maximum Gasteiger partial charge on any atom is 0.125 e. The number of hydrogen-bond donors (Lipinski definition) is 1. The zero-order valence-electron chi connectivity index (χ0n) is 11.1. The van der Waals surface area contributed by atoms with Crippen LogP contribution in [0.1, 0.15) is 51.7 Å². The van der Waals surface area contributed by atoms with E-state index in [1.165, 1.54) is 0 Å². The molecule has 0 aromatic heterocycles. The molecule has 0 aliphatic heterocycles. The van der Waals surface area contributed by atoms with Crippen molar-refractivity contribution in [1.29, 1.82) is 0 Å². The SMILES string of the molecule is CCCOc1ccccc1C(O)CC(C)CC. The maximum absolute atomic E-state index is 10.2. The third-order valence-corrected chi connectivity index (χ3v) is 3.06. The van der Waals surface area contributed by atoms with Gasteiger partial charge in [0.25, 0.3) is 0 Å². The van der Waals surface area contributed by atoms with E-state index < -0.39 is 6.10 Å². The van der Waals surface area contributed by atoms with Crippen molar-refractivity contribution in [2.45, 2.75) is 46.1 Å². The lowest BCUT2D eigenvalue weighted by Gasteiger charge is -2.18. The highest BCUT2D eigenvalue weighted by molar-refractivity contribution is 5.35. The van der Waals surface area contributed by atoms with Gasteiger partial charge in [0.2, 0.25) is 0 Å². The van der Waals surface area contributed by atoms with Crippen LogP contribution < -0.4 is 4.74 Å². The molecule has 1 aromatic rings. The van der Waals surface area contributed by atoms with Crippen LogP contribution >= 0.6 is 0 Å². The summed E-state index contributed by atoms with van der Waals surface area (Å²) in [6, 6.07) is 7.79. The Morgan fingerprint density at radius 3 is 2.59 bits per heavy atom. The standard InChI is InChI=1S/C15H24O2/c1-4-10-17-15-9-7-6-8-13(15)14(16)11-12(3)5-2/h6-9,12,14,16H,4-5,10-11H2,1-3H3. The predicted octanol–water partition coefficient (Wildman–Crippen LogP) is 3.95. The monoisotopic (exact) mass is 236 g/mol. The summed E-state index contributed by atoms with van der Waals surface area (Å²) >= 11 is 0. The van der Waals surface area contributed by atoms with Crippen molar-refractivity contribution >= 4 is 0 Å². The van der Waals surface area contributed by atoms with Crippen LogP contribution in [-0.2, 0) is 0 Å². The summed E-state index contributed by atoms with van der Waals surface area (Å²) in [4.78, 5) is 0. The van der Waals surface area contributed by atoms with E-state index in [1.807, 2.05) is 24.3 Å². The molecule has 0 radical (unpaired) electrons. The van der Waals surface area contributed by atoms with Gasteiger partial charge >= 0.3 is 0 Å². The first-order valence-electron chi connectivity index (χ1n) is 6.58. The number of rotatable bonds is 7. The number of hydrogen-bond acceptors (Lipinski definition) is 2. The van der Waals surface area contributed by atoms with Crippen molar-refractivity contribution in [3.63, 3.8) is 0 Å². The molecule has 0 saturated heterocycles. The normalized spacial score (nSPS) is 14.4. The van der Waals surface area contributed by atoms with Crippen molar-refractivity contribution in [3.05, 3.63) is 29.8 Å². The van der Waals surface area contributed by atoms with Crippen molar-refractivity contribution in [1.82, 2.24) is 0 Å². The molecule has 0 heterocycles. The minimum Gasteiger partial charge on any atom is -0.493 e. The molecule has 0 spiro atoms. The van der Waals surface area contributed by atoms with Gasteiger partial charge in [-0.05, 0) is 24.8 Å². The Kier molecular flexibility index (Phi) is 6.06. The molecular weight excluding hydrogens is 212 g/mol. The van der Waals surface area contributed by atoms with Gasteiger partial charge in [0.05, 0.1) is 12.7 Å². The van der Waals surface area contributed by atoms with Crippen molar-refractivity contribution in [2.75, 3.05) is 6.61 Å². The van der Waals surface area contributed by atoms with Gasteiger partial charge < -0.3 is 9.84 Å². The molecule has 1 aromatic carbocycles. The Balaban J connectivity index is 2.73. The van der Waals surface area contributed by atoms with E-state index in [2.05, 4.69) is 20.8 Å². The van der Waals surface area contributed by atoms with E-state index >= 15 is 0 Å². The van der Waals surface area contributed by atoms with Crippen molar-refractivity contribution in [3.8, 4) is 5.75 Å². The first kappa shape index (κ1) is 14.0. The van der Waals surface area contributed by atoms with E-state index in [4.69, 9.17) is 4.74 Å². The molecular formula is C15H24O2. The predicted molar refractivity (Wildman–Crippen MR) is 71.3 cm³/mol. The summed E-state index contributed by atoms with van der Waals surface area (Å²) in [5, 5.41) is 10.2. The average Bonchev–Trinajstić information content (AvgIpc) is 2.36. The molecule has 2 atom stereocenters. The Morgan fingerprint density at radius 2 is 1.94 bits per heavy atom. The lowest BCUT2D eigenvalue weighted by atomic mass is 9.96. The van der Waals surface area contributed by atoms with Crippen molar-refractivity contribution < 1.29 is 9.84 Å². The van der Waals surface area contributed by atoms with Crippen LogP contribution in [0.25, 0.3) is 0 Å². The lowest BCUT2D eigenvalue weighted by Crippen LogP contribution is -2.07. The molecule has 0 aliphatic rings. The van der Waals surface area contributed by atoms with Crippen LogP contribution in [0.2, 0.25) is 0 Å². The number of benzene rings is 1. The smallest absolute Gasteiger partial charge is 0.125 e. The van der Waals surface area contributed by atoms with Crippen LogP contribution in [0, 0.1) is 5.92 Å². The maximum atomic E-state index is 10.2. The highest BCUT2D eigenvalue weighted by Crippen LogP contribution is 2.30. The molecule has 0 saturated carbocycles. The third-order valence-electron chi connectivity index (χ3n) is 3.06. The molecule has 0 amide bonds. The molecule has 1 N–H and O–H groups in total. The van der Waals surface area contributed by atoms with E-state index in [-0.39, 0.29) is 0 Å². The lowest BCUT2D eigenvalue weighted by molar-refractivity contribution is 0.141. The molecule has 17 heavy (non-hydrogen) atoms. The zero-order chi connectivity index (χ0) is 12.7. The van der Waals surface area contributed by atoms with E-state index in [0.29, 0.717) is 12.5 Å². The zero-order valence-corrected chi connectivity index (χ0v) is 11.1. The summed E-state index contributed by atoms with van der Waals surface area (Å²) in [7, 11) is 0. The van der Waals surface area contributed by atoms with Crippen LogP contribution in [0.15, 0.2) is 24.3 Å². The summed E-state index contributed by atoms with van der Waals surface area (Å²) in [5.74, 6) is 1.36. The van der Waals surface area contributed by atoms with Gasteiger partial charge in [-0.15, -0.1) is 0 Å². The Labute approximate surface area is 105 Å². The van der Waals surface area contributed by atoms with E-state index in [1.54, 1.807) is 0 Å². The second-order valence-corrected chi connectivity index (χ2v) is 4.65. The number of ether oxygens (including phenoxy) is 1. The highest BCUT2D eigenvalue weighted by Gasteiger charge is 2.15. The number of aliphatic hydroxyl groups excluding tert-OH is 1. The quantitative estimate of drug-likeness (QED) is 0.777. The van der Waals surface area contributed by atoms with Crippen LogP contribution in [0.3, 0.4) is 0 Å². The summed E-state index contributed by atoms with van der Waals surface area (Å²) in [5.41, 5.74) is 0.918. The van der Waals surface area contributed by atoms with E-state index in [0.717, 1.165) is 30.6 Å². The number of aliphatic hydroxyl groups is 1. The van der Waals surface area contributed by atoms with Gasteiger partial charge in [-0.3, -0.25) is 0 Å². The van der Waals surface area contributed by atoms with Crippen LogP contribution in [0.5, 0.6) is 5.75 Å². The van der Waals surface area contributed by atoms with Gasteiger partial charge in [-0.2, -0.15) is 0 Å². The first-order chi connectivity index (χ1) is 8.19. The van der Waals surface area contributed by atoms with Gasteiger partial charge in [-0.1, -0.05) is 45.4 Å². The van der Waals surface area contributed by atoms with Gasteiger partial charge in [-0.25, -0.2) is 0 Å². The Morgan fingerprint density at radius 1 is 1.24 bits per heavy atom. The molecule has 0 fully saturated rings. The van der Waals surface area contributed by atoms with Crippen molar-refractivity contribution in [2.24, 2.45) is 5.92 Å². The summed E-state index contributed by atoms with van der Waals surface area (Å²) < 4.78 is 5.66. The molecule has 2 nitrogen and oxygen atoms in total.